The monoisotopic (exact) mass is 325 g/mol. The van der Waals surface area contributed by atoms with E-state index in [0.29, 0.717) is 18.3 Å². The molecule has 0 spiro atoms. The van der Waals surface area contributed by atoms with Gasteiger partial charge in [0.1, 0.15) is 5.84 Å². The molecule has 0 bridgehead atoms. The standard InChI is InChI=1S/C14H20BrN3O/c1-10(11-2-4-12(15)5-3-11)17-9-14(6-7-14)8-13(16)18-19/h2-5,10,17,19H,6-9H2,1H3,(H2,16,18)/t10-/m0/s1. The van der Waals surface area contributed by atoms with Crippen LogP contribution in [0.5, 0.6) is 0 Å². The molecule has 104 valence electrons. The second-order valence-electron chi connectivity index (χ2n) is 5.42. The minimum Gasteiger partial charge on any atom is -0.409 e. The molecule has 5 heteroatoms. The Balaban J connectivity index is 1.87. The molecule has 0 amide bonds. The molecule has 0 heterocycles. The highest BCUT2D eigenvalue weighted by atomic mass is 79.9. The Labute approximate surface area is 122 Å². The second-order valence-corrected chi connectivity index (χ2v) is 6.34. The first-order valence-corrected chi connectivity index (χ1v) is 7.29. The van der Waals surface area contributed by atoms with Gasteiger partial charge in [-0.1, -0.05) is 33.2 Å². The Morgan fingerprint density at radius 3 is 2.63 bits per heavy atom. The summed E-state index contributed by atoms with van der Waals surface area (Å²) >= 11 is 3.44. The normalized spacial score (nSPS) is 19.2. The van der Waals surface area contributed by atoms with Gasteiger partial charge in [0, 0.05) is 23.5 Å². The van der Waals surface area contributed by atoms with Crippen LogP contribution in [-0.4, -0.2) is 17.6 Å². The van der Waals surface area contributed by atoms with Gasteiger partial charge in [0.2, 0.25) is 0 Å². The quantitative estimate of drug-likeness (QED) is 0.326. The van der Waals surface area contributed by atoms with Gasteiger partial charge in [0.25, 0.3) is 0 Å². The topological polar surface area (TPSA) is 70.6 Å². The Morgan fingerprint density at radius 2 is 2.11 bits per heavy atom. The zero-order valence-corrected chi connectivity index (χ0v) is 12.7. The summed E-state index contributed by atoms with van der Waals surface area (Å²) in [6.07, 6.45) is 2.95. The van der Waals surface area contributed by atoms with E-state index in [2.05, 4.69) is 57.6 Å². The van der Waals surface area contributed by atoms with E-state index in [1.54, 1.807) is 0 Å². The van der Waals surface area contributed by atoms with Gasteiger partial charge in [-0.2, -0.15) is 0 Å². The van der Waals surface area contributed by atoms with Crippen molar-refractivity contribution in [3.8, 4) is 0 Å². The van der Waals surface area contributed by atoms with Crippen LogP contribution >= 0.6 is 15.9 Å². The number of nitrogens with one attached hydrogen (secondary N) is 1. The number of amidine groups is 1. The van der Waals surface area contributed by atoms with E-state index in [9.17, 15) is 0 Å². The SMILES string of the molecule is C[C@H](NCC1(C/C(N)=N/O)CC1)c1ccc(Br)cc1. The van der Waals surface area contributed by atoms with E-state index < -0.39 is 0 Å². The van der Waals surface area contributed by atoms with E-state index in [4.69, 9.17) is 10.9 Å². The van der Waals surface area contributed by atoms with E-state index in [0.717, 1.165) is 23.9 Å². The summed E-state index contributed by atoms with van der Waals surface area (Å²) in [4.78, 5) is 0. The molecule has 1 aromatic rings. The number of hydrogen-bond donors (Lipinski definition) is 3. The molecule has 4 N–H and O–H groups in total. The molecule has 1 saturated carbocycles. The van der Waals surface area contributed by atoms with Crippen molar-refractivity contribution < 1.29 is 5.21 Å². The molecule has 1 aliphatic carbocycles. The van der Waals surface area contributed by atoms with Crippen molar-refractivity contribution >= 4 is 21.8 Å². The van der Waals surface area contributed by atoms with Crippen LogP contribution in [-0.2, 0) is 0 Å². The minimum atomic E-state index is 0.194. The number of nitrogens with two attached hydrogens (primary N) is 1. The smallest absolute Gasteiger partial charge is 0.139 e. The van der Waals surface area contributed by atoms with Crippen LogP contribution in [0.1, 0.15) is 37.8 Å². The molecule has 1 atom stereocenters. The lowest BCUT2D eigenvalue weighted by Gasteiger charge is -2.20. The molecular formula is C14H20BrN3O. The average Bonchev–Trinajstić information content (AvgIpc) is 3.17. The minimum absolute atomic E-state index is 0.194. The third-order valence-corrected chi connectivity index (χ3v) is 4.32. The van der Waals surface area contributed by atoms with Gasteiger partial charge in [-0.15, -0.1) is 0 Å². The lowest BCUT2D eigenvalue weighted by molar-refractivity contribution is 0.313. The van der Waals surface area contributed by atoms with Crippen LogP contribution in [0.4, 0.5) is 0 Å². The predicted molar refractivity (Wildman–Crippen MR) is 80.3 cm³/mol. The van der Waals surface area contributed by atoms with E-state index in [-0.39, 0.29) is 5.41 Å². The Morgan fingerprint density at radius 1 is 1.47 bits per heavy atom. The van der Waals surface area contributed by atoms with Gasteiger partial charge in [-0.25, -0.2) is 0 Å². The molecule has 2 rings (SSSR count). The predicted octanol–water partition coefficient (Wildman–Crippen LogP) is 3.02. The maximum atomic E-state index is 8.65. The number of oxime groups is 1. The van der Waals surface area contributed by atoms with Crippen LogP contribution < -0.4 is 11.1 Å². The number of benzene rings is 1. The highest BCUT2D eigenvalue weighted by Gasteiger charge is 2.43. The third kappa shape index (κ3) is 3.94. The zero-order valence-electron chi connectivity index (χ0n) is 11.1. The lowest BCUT2D eigenvalue weighted by Crippen LogP contribution is -2.30. The van der Waals surface area contributed by atoms with Crippen molar-refractivity contribution in [3.05, 3.63) is 34.3 Å². The van der Waals surface area contributed by atoms with Crippen molar-refractivity contribution in [3.63, 3.8) is 0 Å². The maximum absolute atomic E-state index is 8.65. The van der Waals surface area contributed by atoms with Crippen molar-refractivity contribution in [1.29, 1.82) is 0 Å². The van der Waals surface area contributed by atoms with Gasteiger partial charge in [0.15, 0.2) is 0 Å². The Bertz CT molecular complexity index is 454. The number of nitrogens with zero attached hydrogens (tertiary/aromatic N) is 1. The van der Waals surface area contributed by atoms with Crippen molar-refractivity contribution in [2.75, 3.05) is 6.54 Å². The molecular weight excluding hydrogens is 306 g/mol. The van der Waals surface area contributed by atoms with Gasteiger partial charge in [-0.05, 0) is 42.9 Å². The second kappa shape index (κ2) is 5.92. The summed E-state index contributed by atoms with van der Waals surface area (Å²) in [6.45, 7) is 3.06. The molecule has 19 heavy (non-hydrogen) atoms. The number of rotatable bonds is 6. The van der Waals surface area contributed by atoms with Crippen LogP contribution in [0.25, 0.3) is 0 Å². The molecule has 1 aliphatic rings. The van der Waals surface area contributed by atoms with Gasteiger partial charge in [0.05, 0.1) is 0 Å². The number of hydrogen-bond acceptors (Lipinski definition) is 3. The molecule has 1 fully saturated rings. The molecule has 0 aliphatic heterocycles. The molecule has 0 radical (unpaired) electrons. The Kier molecular flexibility index (Phi) is 4.47. The zero-order chi connectivity index (χ0) is 13.9. The number of halogens is 1. The summed E-state index contributed by atoms with van der Waals surface area (Å²) in [6, 6.07) is 8.64. The molecule has 4 nitrogen and oxygen atoms in total. The van der Waals surface area contributed by atoms with Crippen LogP contribution in [0, 0.1) is 5.41 Å². The highest BCUT2D eigenvalue weighted by Crippen LogP contribution is 2.48. The highest BCUT2D eigenvalue weighted by molar-refractivity contribution is 9.10. The van der Waals surface area contributed by atoms with Crippen molar-refractivity contribution in [1.82, 2.24) is 5.32 Å². The first-order chi connectivity index (χ1) is 9.04. The van der Waals surface area contributed by atoms with Crippen molar-refractivity contribution in [2.45, 2.75) is 32.2 Å². The fourth-order valence-corrected chi connectivity index (χ4v) is 2.52. The molecule has 0 unspecified atom stereocenters. The summed E-state index contributed by atoms with van der Waals surface area (Å²) in [7, 11) is 0. The van der Waals surface area contributed by atoms with Gasteiger partial charge in [-0.3, -0.25) is 0 Å². The van der Waals surface area contributed by atoms with Gasteiger partial charge >= 0.3 is 0 Å². The first kappa shape index (κ1) is 14.3. The van der Waals surface area contributed by atoms with Crippen LogP contribution in [0.15, 0.2) is 33.9 Å². The summed E-state index contributed by atoms with van der Waals surface area (Å²) in [5.74, 6) is 0.329. The van der Waals surface area contributed by atoms with E-state index in [1.165, 1.54) is 5.56 Å². The largest absolute Gasteiger partial charge is 0.409 e. The average molecular weight is 326 g/mol. The van der Waals surface area contributed by atoms with Crippen LogP contribution in [0.2, 0.25) is 0 Å². The molecule has 0 saturated heterocycles. The summed E-state index contributed by atoms with van der Waals surface area (Å²) in [5, 5.41) is 15.3. The third-order valence-electron chi connectivity index (χ3n) is 3.79. The Hall–Kier alpha value is -1.07. The summed E-state index contributed by atoms with van der Waals surface area (Å²) < 4.78 is 1.09. The first-order valence-electron chi connectivity index (χ1n) is 6.50. The van der Waals surface area contributed by atoms with E-state index in [1.807, 2.05) is 0 Å². The van der Waals surface area contributed by atoms with Crippen LogP contribution in [0.3, 0.4) is 0 Å². The lowest BCUT2D eigenvalue weighted by atomic mass is 10.0. The van der Waals surface area contributed by atoms with Crippen molar-refractivity contribution in [2.24, 2.45) is 16.3 Å². The maximum Gasteiger partial charge on any atom is 0.139 e. The fourth-order valence-electron chi connectivity index (χ4n) is 2.25. The fraction of sp³-hybridized carbons (Fsp3) is 0.500. The molecule has 0 aromatic heterocycles. The molecule has 1 aromatic carbocycles. The summed E-state index contributed by atoms with van der Waals surface area (Å²) in [5.41, 5.74) is 7.06. The van der Waals surface area contributed by atoms with E-state index >= 15 is 0 Å². The van der Waals surface area contributed by atoms with Gasteiger partial charge < -0.3 is 16.3 Å².